The van der Waals surface area contributed by atoms with Crippen molar-refractivity contribution in [1.29, 1.82) is 0 Å². The Balaban J connectivity index is 1.39. The molecule has 1 aliphatic heterocycles. The molecule has 1 aliphatic rings. The van der Waals surface area contributed by atoms with Crippen LogP contribution in [0.3, 0.4) is 0 Å². The molecule has 2 aromatic carbocycles. The molecule has 0 unspecified atom stereocenters. The summed E-state index contributed by atoms with van der Waals surface area (Å²) in [6.07, 6.45) is 7.01. The summed E-state index contributed by atoms with van der Waals surface area (Å²) in [7, 11) is 0. The molecule has 1 N–H and O–H groups in total. The Morgan fingerprint density at radius 1 is 0.919 bits per heavy atom. The molecule has 3 amide bonds. The highest BCUT2D eigenvalue weighted by molar-refractivity contribution is 6.06. The Kier molecular flexibility index (Phi) is 9.15. The monoisotopic (exact) mass is 501 g/mol. The van der Waals surface area contributed by atoms with Crippen LogP contribution in [-0.4, -0.2) is 68.9 Å². The Morgan fingerprint density at radius 2 is 1.54 bits per heavy atom. The highest BCUT2D eigenvalue weighted by Gasteiger charge is 2.27. The number of carbonyl (C=O) groups is 2. The number of rotatable bonds is 9. The van der Waals surface area contributed by atoms with Gasteiger partial charge in [-0.15, -0.1) is 0 Å². The number of amides is 3. The molecule has 37 heavy (non-hydrogen) atoms. The highest BCUT2D eigenvalue weighted by atomic mass is 16.2. The van der Waals surface area contributed by atoms with Crippen molar-refractivity contribution in [2.75, 3.05) is 36.4 Å². The van der Waals surface area contributed by atoms with Crippen LogP contribution in [0.15, 0.2) is 67.3 Å². The zero-order valence-electron chi connectivity index (χ0n) is 21.6. The lowest BCUT2D eigenvalue weighted by Gasteiger charge is -2.38. The number of anilines is 3. The zero-order chi connectivity index (χ0) is 26.0. The van der Waals surface area contributed by atoms with Gasteiger partial charge < -0.3 is 15.1 Å². The number of hydrogen-bond donors (Lipinski definition) is 1. The first-order valence-corrected chi connectivity index (χ1v) is 13.0. The Morgan fingerprint density at radius 3 is 2.14 bits per heavy atom. The van der Waals surface area contributed by atoms with Gasteiger partial charge in [-0.2, -0.15) is 0 Å². The lowest BCUT2D eigenvalue weighted by atomic mass is 10.0. The predicted molar refractivity (Wildman–Crippen MR) is 145 cm³/mol. The SMILES string of the molecule is CCCN(CCC)C1CCN(C(=O)c2ccc(NC(=O)N(c3ccccc3)c3ncncn3)cc2)CC1. The van der Waals surface area contributed by atoms with Crippen LogP contribution in [0.5, 0.6) is 0 Å². The lowest BCUT2D eigenvalue weighted by Crippen LogP contribution is -2.47. The van der Waals surface area contributed by atoms with Crippen LogP contribution in [0.25, 0.3) is 0 Å². The first kappa shape index (κ1) is 26.2. The van der Waals surface area contributed by atoms with Crippen molar-refractivity contribution in [3.05, 3.63) is 72.8 Å². The van der Waals surface area contributed by atoms with Crippen molar-refractivity contribution in [3.63, 3.8) is 0 Å². The summed E-state index contributed by atoms with van der Waals surface area (Å²) in [6, 6.07) is 16.3. The third-order valence-electron chi connectivity index (χ3n) is 6.57. The standard InChI is InChI=1S/C28H35N7O2/c1-3-16-33(17-4-2)24-14-18-34(19-15-24)26(36)22-10-12-23(13-11-22)32-28(37)35(25-8-6-5-7-9-25)27-30-20-29-21-31-27/h5-13,20-21,24H,3-4,14-19H2,1-2H3,(H,32,37). The van der Waals surface area contributed by atoms with Crippen molar-refractivity contribution in [2.45, 2.75) is 45.6 Å². The molecular weight excluding hydrogens is 466 g/mol. The van der Waals surface area contributed by atoms with Crippen LogP contribution in [0.1, 0.15) is 49.9 Å². The van der Waals surface area contributed by atoms with Crippen LogP contribution in [0.4, 0.5) is 22.1 Å². The van der Waals surface area contributed by atoms with Crippen molar-refractivity contribution in [3.8, 4) is 0 Å². The third kappa shape index (κ3) is 6.68. The average Bonchev–Trinajstić information content (AvgIpc) is 2.94. The summed E-state index contributed by atoms with van der Waals surface area (Å²) in [4.78, 5) is 44.3. The van der Waals surface area contributed by atoms with Crippen LogP contribution in [0, 0.1) is 0 Å². The van der Waals surface area contributed by atoms with Crippen LogP contribution < -0.4 is 10.2 Å². The van der Waals surface area contributed by atoms with Gasteiger partial charge in [0.25, 0.3) is 5.91 Å². The number of hydrogen-bond acceptors (Lipinski definition) is 6. The largest absolute Gasteiger partial charge is 0.339 e. The number of urea groups is 1. The van der Waals surface area contributed by atoms with Crippen LogP contribution in [0.2, 0.25) is 0 Å². The van der Waals surface area contributed by atoms with Gasteiger partial charge in [-0.25, -0.2) is 24.6 Å². The molecule has 0 aliphatic carbocycles. The number of likely N-dealkylation sites (tertiary alicyclic amines) is 1. The fourth-order valence-corrected chi connectivity index (χ4v) is 4.79. The summed E-state index contributed by atoms with van der Waals surface area (Å²) >= 11 is 0. The molecule has 194 valence electrons. The summed E-state index contributed by atoms with van der Waals surface area (Å²) < 4.78 is 0. The summed E-state index contributed by atoms with van der Waals surface area (Å²) in [5.74, 6) is 0.246. The molecule has 0 spiro atoms. The molecule has 3 aromatic rings. The van der Waals surface area contributed by atoms with E-state index in [9.17, 15) is 9.59 Å². The second-order valence-corrected chi connectivity index (χ2v) is 9.18. The first-order valence-electron chi connectivity index (χ1n) is 13.0. The van der Waals surface area contributed by atoms with Crippen LogP contribution in [-0.2, 0) is 0 Å². The molecule has 4 rings (SSSR count). The summed E-state index contributed by atoms with van der Waals surface area (Å²) in [5.41, 5.74) is 1.82. The highest BCUT2D eigenvalue weighted by Crippen LogP contribution is 2.23. The number of nitrogens with one attached hydrogen (secondary N) is 1. The molecule has 0 saturated carbocycles. The van der Waals surface area contributed by atoms with E-state index in [1.807, 2.05) is 23.1 Å². The molecule has 1 aromatic heterocycles. The quantitative estimate of drug-likeness (QED) is 0.445. The van der Waals surface area contributed by atoms with Gasteiger partial charge in [0.15, 0.2) is 0 Å². The molecule has 0 radical (unpaired) electrons. The van der Waals surface area contributed by atoms with E-state index in [0.717, 1.165) is 51.9 Å². The Hall–Kier alpha value is -3.85. The Labute approximate surface area is 218 Å². The maximum atomic E-state index is 13.2. The smallest absolute Gasteiger partial charge is 0.333 e. The zero-order valence-corrected chi connectivity index (χ0v) is 21.6. The fourth-order valence-electron chi connectivity index (χ4n) is 4.79. The Bertz CT molecular complexity index is 1090. The molecule has 1 fully saturated rings. The molecule has 1 saturated heterocycles. The van der Waals surface area contributed by atoms with Crippen molar-refractivity contribution < 1.29 is 9.59 Å². The average molecular weight is 502 g/mol. The van der Waals surface area contributed by atoms with E-state index in [2.05, 4.69) is 39.0 Å². The number of nitrogens with zero attached hydrogens (tertiary/aromatic N) is 6. The second kappa shape index (κ2) is 12.9. The number of piperidine rings is 1. The normalized spacial score (nSPS) is 14.0. The minimum absolute atomic E-state index is 0.0324. The maximum absolute atomic E-state index is 13.2. The van der Waals surface area contributed by atoms with E-state index < -0.39 is 6.03 Å². The lowest BCUT2D eigenvalue weighted by molar-refractivity contribution is 0.0618. The summed E-state index contributed by atoms with van der Waals surface area (Å²) in [6.45, 7) is 8.22. The first-order chi connectivity index (χ1) is 18.1. The van der Waals surface area contributed by atoms with E-state index in [-0.39, 0.29) is 11.9 Å². The summed E-state index contributed by atoms with van der Waals surface area (Å²) in [5, 5.41) is 2.88. The number of benzene rings is 2. The topological polar surface area (TPSA) is 94.6 Å². The molecular formula is C28H35N7O2. The minimum Gasteiger partial charge on any atom is -0.339 e. The van der Waals surface area contributed by atoms with E-state index in [1.165, 1.54) is 17.6 Å². The predicted octanol–water partition coefficient (Wildman–Crippen LogP) is 4.97. The van der Waals surface area contributed by atoms with Gasteiger partial charge in [0.05, 0.1) is 5.69 Å². The van der Waals surface area contributed by atoms with Gasteiger partial charge in [-0.05, 0) is 75.2 Å². The van der Waals surface area contributed by atoms with E-state index >= 15 is 0 Å². The minimum atomic E-state index is -0.415. The van der Waals surface area contributed by atoms with Gasteiger partial charge in [-0.3, -0.25) is 4.79 Å². The number of carbonyl (C=O) groups excluding carboxylic acids is 2. The molecule has 0 atom stereocenters. The maximum Gasteiger partial charge on any atom is 0.333 e. The number of para-hydroxylation sites is 1. The van der Waals surface area contributed by atoms with Crippen LogP contribution >= 0.6 is 0 Å². The van der Waals surface area contributed by atoms with Crippen molar-refractivity contribution in [1.82, 2.24) is 24.8 Å². The van der Waals surface area contributed by atoms with Crippen molar-refractivity contribution in [2.24, 2.45) is 0 Å². The van der Waals surface area contributed by atoms with E-state index in [4.69, 9.17) is 0 Å². The third-order valence-corrected chi connectivity index (χ3v) is 6.57. The van der Waals surface area contributed by atoms with Gasteiger partial charge in [-0.1, -0.05) is 32.0 Å². The van der Waals surface area contributed by atoms with Gasteiger partial charge in [0, 0.05) is 30.4 Å². The molecule has 9 nitrogen and oxygen atoms in total. The molecule has 0 bridgehead atoms. The molecule has 2 heterocycles. The van der Waals surface area contributed by atoms with Gasteiger partial charge in [0.1, 0.15) is 12.7 Å². The number of aromatic nitrogens is 3. The van der Waals surface area contributed by atoms with Gasteiger partial charge >= 0.3 is 6.03 Å². The van der Waals surface area contributed by atoms with E-state index in [1.54, 1.807) is 36.4 Å². The van der Waals surface area contributed by atoms with Gasteiger partial charge in [0.2, 0.25) is 5.95 Å². The van der Waals surface area contributed by atoms with E-state index in [0.29, 0.717) is 23.0 Å². The fraction of sp³-hybridized carbons (Fsp3) is 0.393. The second-order valence-electron chi connectivity index (χ2n) is 9.18. The molecule has 9 heteroatoms. The van der Waals surface area contributed by atoms with Crippen molar-refractivity contribution >= 4 is 29.3 Å².